The molecule has 1 aromatic carbocycles. The van der Waals surface area contributed by atoms with Crippen LogP contribution >= 0.6 is 11.8 Å². The molecule has 4 aromatic rings. The molecule has 25 heavy (non-hydrogen) atoms. The Labute approximate surface area is 148 Å². The Morgan fingerprint density at radius 3 is 2.76 bits per heavy atom. The SMILES string of the molecule is Cc1onc(-c2ccccc2)c1-c1nnc(CSc2nccn2C)o1. The fourth-order valence-corrected chi connectivity index (χ4v) is 3.22. The van der Waals surface area contributed by atoms with Crippen LogP contribution in [0.3, 0.4) is 0 Å². The van der Waals surface area contributed by atoms with E-state index >= 15 is 0 Å². The third kappa shape index (κ3) is 3.08. The highest BCUT2D eigenvalue weighted by Crippen LogP contribution is 2.33. The van der Waals surface area contributed by atoms with E-state index in [0.717, 1.165) is 16.3 Å². The monoisotopic (exact) mass is 353 g/mol. The van der Waals surface area contributed by atoms with Crippen LogP contribution in [0.5, 0.6) is 0 Å². The lowest BCUT2D eigenvalue weighted by molar-refractivity contribution is 0.399. The zero-order valence-electron chi connectivity index (χ0n) is 13.7. The summed E-state index contributed by atoms with van der Waals surface area (Å²) in [5.74, 6) is 2.13. The van der Waals surface area contributed by atoms with Gasteiger partial charge in [0.05, 0.1) is 5.75 Å². The summed E-state index contributed by atoms with van der Waals surface area (Å²) in [7, 11) is 1.95. The molecule has 8 heteroatoms. The van der Waals surface area contributed by atoms with Crippen molar-refractivity contribution in [1.82, 2.24) is 24.9 Å². The first-order valence-electron chi connectivity index (χ1n) is 7.67. The normalized spacial score (nSPS) is 11.1. The van der Waals surface area contributed by atoms with Crippen molar-refractivity contribution in [1.29, 1.82) is 0 Å². The van der Waals surface area contributed by atoms with Crippen molar-refractivity contribution < 1.29 is 8.94 Å². The third-order valence-electron chi connectivity index (χ3n) is 3.69. The molecule has 0 spiro atoms. The summed E-state index contributed by atoms with van der Waals surface area (Å²) < 4.78 is 13.1. The summed E-state index contributed by atoms with van der Waals surface area (Å²) in [6, 6.07) is 9.79. The number of rotatable bonds is 5. The van der Waals surface area contributed by atoms with Crippen molar-refractivity contribution in [2.75, 3.05) is 0 Å². The van der Waals surface area contributed by atoms with Gasteiger partial charge in [0.2, 0.25) is 5.89 Å². The van der Waals surface area contributed by atoms with Crippen molar-refractivity contribution in [3.8, 4) is 22.7 Å². The highest BCUT2D eigenvalue weighted by Gasteiger charge is 2.22. The van der Waals surface area contributed by atoms with Crippen LogP contribution in [0.1, 0.15) is 11.7 Å². The van der Waals surface area contributed by atoms with Crippen molar-refractivity contribution in [2.24, 2.45) is 7.05 Å². The maximum atomic E-state index is 5.83. The quantitative estimate of drug-likeness (QED) is 0.506. The predicted molar refractivity (Wildman–Crippen MR) is 92.7 cm³/mol. The molecule has 3 aromatic heterocycles. The van der Waals surface area contributed by atoms with E-state index in [-0.39, 0.29) is 0 Å². The molecule has 0 unspecified atom stereocenters. The van der Waals surface area contributed by atoms with Gasteiger partial charge in [-0.2, -0.15) is 0 Å². The average molecular weight is 353 g/mol. The molecular weight excluding hydrogens is 338 g/mol. The van der Waals surface area contributed by atoms with E-state index in [1.165, 1.54) is 11.8 Å². The van der Waals surface area contributed by atoms with Crippen LogP contribution in [-0.2, 0) is 12.8 Å². The van der Waals surface area contributed by atoms with Crippen LogP contribution in [0.25, 0.3) is 22.7 Å². The lowest BCUT2D eigenvalue weighted by atomic mass is 10.1. The smallest absolute Gasteiger partial charge is 0.253 e. The van der Waals surface area contributed by atoms with Crippen molar-refractivity contribution >= 4 is 11.8 Å². The third-order valence-corrected chi connectivity index (χ3v) is 4.74. The molecule has 0 N–H and O–H groups in total. The van der Waals surface area contributed by atoms with Gasteiger partial charge in [-0.3, -0.25) is 0 Å². The molecular formula is C17H15N5O2S. The number of benzene rings is 1. The van der Waals surface area contributed by atoms with Gasteiger partial charge in [0.1, 0.15) is 17.0 Å². The summed E-state index contributed by atoms with van der Waals surface area (Å²) in [5, 5.41) is 13.3. The summed E-state index contributed by atoms with van der Waals surface area (Å²) >= 11 is 1.54. The lowest BCUT2D eigenvalue weighted by Crippen LogP contribution is -1.89. The molecule has 126 valence electrons. The Balaban J connectivity index is 1.60. The van der Waals surface area contributed by atoms with E-state index in [1.54, 1.807) is 6.20 Å². The van der Waals surface area contributed by atoms with Gasteiger partial charge in [0.15, 0.2) is 5.16 Å². The zero-order chi connectivity index (χ0) is 17.2. The fourth-order valence-electron chi connectivity index (χ4n) is 2.45. The van der Waals surface area contributed by atoms with Gasteiger partial charge < -0.3 is 13.5 Å². The second kappa shape index (κ2) is 6.56. The minimum Gasteiger partial charge on any atom is -0.420 e. The molecule has 0 saturated carbocycles. The molecule has 0 atom stereocenters. The number of thioether (sulfide) groups is 1. The van der Waals surface area contributed by atoms with E-state index in [4.69, 9.17) is 8.94 Å². The molecule has 0 aliphatic rings. The molecule has 3 heterocycles. The van der Waals surface area contributed by atoms with Crippen molar-refractivity contribution in [2.45, 2.75) is 17.8 Å². The number of aryl methyl sites for hydroxylation is 2. The molecule has 7 nitrogen and oxygen atoms in total. The van der Waals surface area contributed by atoms with E-state index < -0.39 is 0 Å². The average Bonchev–Trinajstić information content (AvgIpc) is 3.34. The summed E-state index contributed by atoms with van der Waals surface area (Å²) in [5.41, 5.74) is 2.37. The molecule has 0 aliphatic heterocycles. The van der Waals surface area contributed by atoms with E-state index in [9.17, 15) is 0 Å². The number of nitrogens with zero attached hydrogens (tertiary/aromatic N) is 5. The largest absolute Gasteiger partial charge is 0.420 e. The van der Waals surface area contributed by atoms with E-state index in [0.29, 0.717) is 29.0 Å². The summed E-state index contributed by atoms with van der Waals surface area (Å²) in [4.78, 5) is 4.27. The molecule has 0 fully saturated rings. The van der Waals surface area contributed by atoms with Crippen LogP contribution < -0.4 is 0 Å². The molecule has 0 aliphatic carbocycles. The van der Waals surface area contributed by atoms with Crippen LogP contribution in [-0.4, -0.2) is 24.9 Å². The first-order valence-corrected chi connectivity index (χ1v) is 8.65. The highest BCUT2D eigenvalue weighted by atomic mass is 32.2. The fraction of sp³-hybridized carbons (Fsp3) is 0.176. The Hall–Kier alpha value is -2.87. The maximum absolute atomic E-state index is 5.83. The summed E-state index contributed by atoms with van der Waals surface area (Å²) in [6.45, 7) is 1.83. The molecule has 0 bridgehead atoms. The van der Waals surface area contributed by atoms with E-state index in [1.807, 2.05) is 55.1 Å². The second-order valence-corrected chi connectivity index (χ2v) is 6.38. The first-order chi connectivity index (χ1) is 12.2. The number of aromatic nitrogens is 5. The van der Waals surface area contributed by atoms with Gasteiger partial charge in [-0.1, -0.05) is 47.3 Å². The van der Waals surface area contributed by atoms with Gasteiger partial charge in [-0.05, 0) is 6.92 Å². The van der Waals surface area contributed by atoms with Crippen LogP contribution in [0.4, 0.5) is 0 Å². The first kappa shape index (κ1) is 15.6. The molecule has 0 saturated heterocycles. The van der Waals surface area contributed by atoms with Crippen molar-refractivity contribution in [3.63, 3.8) is 0 Å². The predicted octanol–water partition coefficient (Wildman–Crippen LogP) is 3.73. The van der Waals surface area contributed by atoms with E-state index in [2.05, 4.69) is 20.3 Å². The number of imidazole rings is 1. The molecule has 0 radical (unpaired) electrons. The van der Waals surface area contributed by atoms with Crippen LogP contribution in [0.15, 0.2) is 56.8 Å². The van der Waals surface area contributed by atoms with Gasteiger partial charge >= 0.3 is 0 Å². The Morgan fingerprint density at radius 2 is 2.00 bits per heavy atom. The Kier molecular flexibility index (Phi) is 4.10. The Morgan fingerprint density at radius 1 is 1.16 bits per heavy atom. The lowest BCUT2D eigenvalue weighted by Gasteiger charge is -1.99. The van der Waals surface area contributed by atoms with Crippen LogP contribution in [0.2, 0.25) is 0 Å². The number of hydrogen-bond acceptors (Lipinski definition) is 7. The number of hydrogen-bond donors (Lipinski definition) is 0. The zero-order valence-corrected chi connectivity index (χ0v) is 14.5. The molecule has 4 rings (SSSR count). The minimum absolute atomic E-state index is 0.410. The minimum atomic E-state index is 0.410. The van der Waals surface area contributed by atoms with Gasteiger partial charge in [0, 0.05) is 25.0 Å². The van der Waals surface area contributed by atoms with Crippen molar-refractivity contribution in [3.05, 3.63) is 54.4 Å². The topological polar surface area (TPSA) is 82.8 Å². The second-order valence-electron chi connectivity index (χ2n) is 5.44. The van der Waals surface area contributed by atoms with Gasteiger partial charge in [-0.15, -0.1) is 10.2 Å². The van der Waals surface area contributed by atoms with Gasteiger partial charge in [0.25, 0.3) is 5.89 Å². The standard InChI is InChI=1S/C17H15N5O2S/c1-11-14(15(21-24-11)12-6-4-3-5-7-12)16-20-19-13(23-16)10-25-17-18-8-9-22(17)2/h3-9H,10H2,1-2H3. The summed E-state index contributed by atoms with van der Waals surface area (Å²) in [6.07, 6.45) is 3.66. The van der Waals surface area contributed by atoms with Gasteiger partial charge in [-0.25, -0.2) is 4.98 Å². The molecule has 0 amide bonds. The van der Waals surface area contributed by atoms with Crippen LogP contribution in [0, 0.1) is 6.92 Å². The Bertz CT molecular complexity index is 990. The highest BCUT2D eigenvalue weighted by molar-refractivity contribution is 7.98. The maximum Gasteiger partial charge on any atom is 0.253 e.